The second-order valence-corrected chi connectivity index (χ2v) is 9.49. The summed E-state index contributed by atoms with van der Waals surface area (Å²) in [6.45, 7) is 8.48. The molecule has 2 aromatic heterocycles. The fourth-order valence-electron chi connectivity index (χ4n) is 4.04. The van der Waals surface area contributed by atoms with Gasteiger partial charge in [-0.1, -0.05) is 24.6 Å². The smallest absolute Gasteiger partial charge is 0.243 e. The van der Waals surface area contributed by atoms with Gasteiger partial charge in [-0.15, -0.1) is 0 Å². The molecule has 1 atom stereocenters. The largest absolute Gasteiger partial charge is 0.338 e. The summed E-state index contributed by atoms with van der Waals surface area (Å²) >= 11 is 0. The van der Waals surface area contributed by atoms with Crippen molar-refractivity contribution in [3.63, 3.8) is 0 Å². The standard InChI is InChI=1S/C22H28N7O2S/c1-3-10-22(29-14-5-13-25-29,26-32(30,31)20-8-6-19(2)7-9-20)28-17-15-27(16-18-28)21-23-11-4-12-24-21/h4-9,11-14,26H,1,3,10,15-18H2,2H3. The first-order chi connectivity index (χ1) is 15.4. The molecular weight excluding hydrogens is 426 g/mol. The molecule has 1 fully saturated rings. The molecule has 169 valence electrons. The van der Waals surface area contributed by atoms with E-state index in [1.165, 1.54) is 0 Å². The van der Waals surface area contributed by atoms with Crippen molar-refractivity contribution < 1.29 is 8.42 Å². The van der Waals surface area contributed by atoms with Crippen LogP contribution in [-0.4, -0.2) is 59.2 Å². The molecule has 32 heavy (non-hydrogen) atoms. The Kier molecular flexibility index (Phi) is 6.54. The minimum Gasteiger partial charge on any atom is -0.338 e. The van der Waals surface area contributed by atoms with Crippen LogP contribution in [0.3, 0.4) is 0 Å². The van der Waals surface area contributed by atoms with Crippen molar-refractivity contribution >= 4 is 16.0 Å². The molecule has 1 aliphatic heterocycles. The predicted octanol–water partition coefficient (Wildman–Crippen LogP) is 2.01. The van der Waals surface area contributed by atoms with Crippen LogP contribution < -0.4 is 9.62 Å². The van der Waals surface area contributed by atoms with Crippen molar-refractivity contribution in [2.75, 3.05) is 31.1 Å². The van der Waals surface area contributed by atoms with Gasteiger partial charge in [-0.3, -0.25) is 4.90 Å². The van der Waals surface area contributed by atoms with Crippen LogP contribution in [0, 0.1) is 13.8 Å². The number of hydrogen-bond donors (Lipinski definition) is 1. The highest BCUT2D eigenvalue weighted by Crippen LogP contribution is 2.29. The molecule has 1 aromatic carbocycles. The Labute approximate surface area is 189 Å². The van der Waals surface area contributed by atoms with E-state index < -0.39 is 15.8 Å². The average Bonchev–Trinajstić information content (AvgIpc) is 3.35. The summed E-state index contributed by atoms with van der Waals surface area (Å²) in [5.74, 6) is -0.396. The lowest BCUT2D eigenvalue weighted by atomic mass is 10.1. The van der Waals surface area contributed by atoms with Crippen molar-refractivity contribution in [2.45, 2.75) is 30.4 Å². The summed E-state index contributed by atoms with van der Waals surface area (Å²) in [7, 11) is -3.82. The molecule has 3 aromatic rings. The number of rotatable bonds is 8. The average molecular weight is 455 g/mol. The van der Waals surface area contributed by atoms with Crippen LogP contribution in [0.25, 0.3) is 0 Å². The Morgan fingerprint density at radius 3 is 2.31 bits per heavy atom. The molecule has 9 nitrogen and oxygen atoms in total. The summed E-state index contributed by atoms with van der Waals surface area (Å²) in [6, 6.07) is 10.4. The van der Waals surface area contributed by atoms with E-state index in [9.17, 15) is 8.42 Å². The number of hydrogen-bond acceptors (Lipinski definition) is 7. The number of anilines is 1. The molecule has 1 N–H and O–H groups in total. The van der Waals surface area contributed by atoms with Gasteiger partial charge in [0.1, 0.15) is 0 Å². The number of aryl methyl sites for hydroxylation is 1. The third kappa shape index (κ3) is 4.52. The number of sulfonamides is 1. The molecule has 0 aliphatic carbocycles. The van der Waals surface area contributed by atoms with E-state index in [-0.39, 0.29) is 4.90 Å². The van der Waals surface area contributed by atoms with Crippen LogP contribution in [0.15, 0.2) is 66.1 Å². The summed E-state index contributed by atoms with van der Waals surface area (Å²) in [6.07, 6.45) is 7.88. The Balaban J connectivity index is 1.65. The van der Waals surface area contributed by atoms with Crippen molar-refractivity contribution in [1.82, 2.24) is 29.4 Å². The maximum Gasteiger partial charge on any atom is 0.243 e. The number of nitrogens with zero attached hydrogens (tertiary/aromatic N) is 6. The molecule has 1 saturated heterocycles. The molecule has 4 rings (SSSR count). The topological polar surface area (TPSA) is 96.3 Å². The van der Waals surface area contributed by atoms with E-state index in [0.717, 1.165) is 5.56 Å². The molecule has 0 amide bonds. The second kappa shape index (κ2) is 9.35. The van der Waals surface area contributed by atoms with Gasteiger partial charge in [0.15, 0.2) is 5.79 Å². The maximum absolute atomic E-state index is 13.4. The van der Waals surface area contributed by atoms with Crippen molar-refractivity contribution in [2.24, 2.45) is 0 Å². The van der Waals surface area contributed by atoms with Gasteiger partial charge >= 0.3 is 0 Å². The maximum atomic E-state index is 13.4. The fourth-order valence-corrected chi connectivity index (χ4v) is 5.40. The summed E-state index contributed by atoms with van der Waals surface area (Å²) in [5.41, 5.74) is 0.999. The third-order valence-electron chi connectivity index (χ3n) is 5.68. The van der Waals surface area contributed by atoms with E-state index in [4.69, 9.17) is 0 Å². The number of piperazine rings is 1. The number of benzene rings is 1. The monoisotopic (exact) mass is 454 g/mol. The molecule has 3 heterocycles. The Morgan fingerprint density at radius 1 is 1.03 bits per heavy atom. The first-order valence-corrected chi connectivity index (χ1v) is 12.1. The van der Waals surface area contributed by atoms with Crippen molar-refractivity contribution in [3.8, 4) is 0 Å². The van der Waals surface area contributed by atoms with E-state index in [1.54, 1.807) is 65.9 Å². The van der Waals surface area contributed by atoms with Gasteiger partial charge in [-0.2, -0.15) is 9.82 Å². The molecule has 1 aliphatic rings. The lowest BCUT2D eigenvalue weighted by Crippen LogP contribution is -2.66. The minimum absolute atomic E-state index is 0.222. The predicted molar refractivity (Wildman–Crippen MR) is 122 cm³/mol. The van der Waals surface area contributed by atoms with E-state index >= 15 is 0 Å². The first-order valence-electron chi connectivity index (χ1n) is 10.6. The van der Waals surface area contributed by atoms with Gasteiger partial charge in [0.25, 0.3) is 0 Å². The Hall–Kier alpha value is -2.82. The molecule has 10 heteroatoms. The Morgan fingerprint density at radius 2 is 1.72 bits per heavy atom. The van der Waals surface area contributed by atoms with E-state index in [1.807, 2.05) is 6.92 Å². The highest BCUT2D eigenvalue weighted by Gasteiger charge is 2.43. The van der Waals surface area contributed by atoms with Gasteiger partial charge in [0.2, 0.25) is 16.0 Å². The zero-order chi connectivity index (χ0) is 22.6. The molecule has 1 unspecified atom stereocenters. The van der Waals surface area contributed by atoms with Crippen molar-refractivity contribution in [3.05, 3.63) is 73.7 Å². The van der Waals surface area contributed by atoms with Crippen molar-refractivity contribution in [1.29, 1.82) is 0 Å². The zero-order valence-electron chi connectivity index (χ0n) is 18.1. The summed E-state index contributed by atoms with van der Waals surface area (Å²) in [4.78, 5) is 13.1. The molecule has 0 saturated carbocycles. The molecule has 1 radical (unpaired) electrons. The Bertz CT molecular complexity index is 1100. The van der Waals surface area contributed by atoms with Crippen LogP contribution in [-0.2, 0) is 15.8 Å². The quantitative estimate of drug-likeness (QED) is 0.556. The fraction of sp³-hybridized carbons (Fsp3) is 0.364. The SMILES string of the molecule is [CH2]CCC(NS(=O)(=O)c1ccc(C)cc1)(N1CCN(c2ncccn2)CC1)n1cccn1. The van der Waals surface area contributed by atoms with Crippen LogP contribution >= 0.6 is 0 Å². The third-order valence-corrected chi connectivity index (χ3v) is 7.16. The normalized spacial score (nSPS) is 17.2. The zero-order valence-corrected chi connectivity index (χ0v) is 18.9. The number of aromatic nitrogens is 4. The minimum atomic E-state index is -3.82. The lowest BCUT2D eigenvalue weighted by Gasteiger charge is -2.47. The second-order valence-electron chi connectivity index (χ2n) is 7.81. The van der Waals surface area contributed by atoms with Gasteiger partial charge in [0.05, 0.1) is 4.90 Å². The van der Waals surface area contributed by atoms with E-state index in [0.29, 0.717) is 45.0 Å². The summed E-state index contributed by atoms with van der Waals surface area (Å²) < 4.78 is 31.5. The molecule has 0 spiro atoms. The van der Waals surface area contributed by atoms with Gasteiger partial charge in [0, 0.05) is 57.4 Å². The molecule has 0 bridgehead atoms. The van der Waals surface area contributed by atoms with Gasteiger partial charge in [-0.05, 0) is 37.6 Å². The van der Waals surface area contributed by atoms with Gasteiger partial charge < -0.3 is 4.90 Å². The van der Waals surface area contributed by atoms with Crippen LogP contribution in [0.5, 0.6) is 0 Å². The first kappa shape index (κ1) is 22.4. The highest BCUT2D eigenvalue weighted by atomic mass is 32.2. The lowest BCUT2D eigenvalue weighted by molar-refractivity contribution is -0.0176. The summed E-state index contributed by atoms with van der Waals surface area (Å²) in [5, 5.41) is 4.43. The number of nitrogens with one attached hydrogen (secondary N) is 1. The van der Waals surface area contributed by atoms with Crippen LogP contribution in [0.2, 0.25) is 0 Å². The highest BCUT2D eigenvalue weighted by molar-refractivity contribution is 7.89. The van der Waals surface area contributed by atoms with Crippen LogP contribution in [0.1, 0.15) is 18.4 Å². The van der Waals surface area contributed by atoms with Gasteiger partial charge in [-0.25, -0.2) is 23.1 Å². The van der Waals surface area contributed by atoms with E-state index in [2.05, 4.69) is 36.5 Å². The molecular formula is C22H28N7O2S. The van der Waals surface area contributed by atoms with Crippen LogP contribution in [0.4, 0.5) is 5.95 Å².